The van der Waals surface area contributed by atoms with Gasteiger partial charge >= 0.3 is 0 Å². The Morgan fingerprint density at radius 1 is 1.50 bits per heavy atom. The topological polar surface area (TPSA) is 81.4 Å². The van der Waals surface area contributed by atoms with Gasteiger partial charge in [0.1, 0.15) is 0 Å². The van der Waals surface area contributed by atoms with Gasteiger partial charge < -0.3 is 10.5 Å². The fourth-order valence-electron chi connectivity index (χ4n) is 1.99. The molecule has 0 radical (unpaired) electrons. The fraction of sp³-hybridized carbons (Fsp3) is 0.500. The van der Waals surface area contributed by atoms with Crippen molar-refractivity contribution in [1.29, 1.82) is 0 Å². The molecule has 6 heteroatoms. The Morgan fingerprint density at radius 3 is 2.89 bits per heavy atom. The smallest absolute Gasteiger partial charge is 0.240 e. The zero-order valence-corrected chi connectivity index (χ0v) is 11.2. The number of benzene rings is 1. The first kappa shape index (κ1) is 13.3. The van der Waals surface area contributed by atoms with E-state index in [-0.39, 0.29) is 11.4 Å². The van der Waals surface area contributed by atoms with Crippen molar-refractivity contribution in [3.05, 3.63) is 24.3 Å². The van der Waals surface area contributed by atoms with Gasteiger partial charge in [-0.15, -0.1) is 0 Å². The third-order valence-electron chi connectivity index (χ3n) is 3.11. The molecule has 1 saturated heterocycles. The highest BCUT2D eigenvalue weighted by atomic mass is 32.2. The number of hydrogen-bond acceptors (Lipinski definition) is 4. The molecule has 0 aromatic heterocycles. The standard InChI is InChI=1S/C12H18N2O3S/c1-12(6-3-7-17-12)9-14-18(15,16)11-5-2-4-10(13)8-11/h2,4-5,8,14H,3,6-7,9,13H2,1H3. The Balaban J connectivity index is 2.08. The van der Waals surface area contributed by atoms with Gasteiger partial charge in [0.25, 0.3) is 0 Å². The summed E-state index contributed by atoms with van der Waals surface area (Å²) in [5.74, 6) is 0. The molecular formula is C12H18N2O3S. The summed E-state index contributed by atoms with van der Waals surface area (Å²) in [5, 5.41) is 0. The average molecular weight is 270 g/mol. The van der Waals surface area contributed by atoms with E-state index in [1.165, 1.54) is 12.1 Å². The predicted octanol–water partition coefficient (Wildman–Crippen LogP) is 1.12. The maximum Gasteiger partial charge on any atom is 0.240 e. The molecule has 1 unspecified atom stereocenters. The summed E-state index contributed by atoms with van der Waals surface area (Å²) in [6.07, 6.45) is 1.84. The Bertz CT molecular complexity index is 522. The molecule has 0 amide bonds. The molecule has 0 bridgehead atoms. The summed E-state index contributed by atoms with van der Waals surface area (Å²) in [5.41, 5.74) is 5.62. The van der Waals surface area contributed by atoms with E-state index in [1.807, 2.05) is 6.92 Å². The molecule has 1 heterocycles. The van der Waals surface area contributed by atoms with Gasteiger partial charge in [-0.2, -0.15) is 0 Å². The number of anilines is 1. The van der Waals surface area contributed by atoms with Gasteiger partial charge in [0.05, 0.1) is 10.5 Å². The SMILES string of the molecule is CC1(CNS(=O)(=O)c2cccc(N)c2)CCCO1. The molecule has 1 atom stereocenters. The lowest BCUT2D eigenvalue weighted by atomic mass is 10.0. The molecule has 18 heavy (non-hydrogen) atoms. The largest absolute Gasteiger partial charge is 0.399 e. The summed E-state index contributed by atoms with van der Waals surface area (Å²) in [4.78, 5) is 0.184. The highest BCUT2D eigenvalue weighted by Crippen LogP contribution is 2.24. The second-order valence-corrected chi connectivity index (χ2v) is 6.57. The van der Waals surface area contributed by atoms with Gasteiger partial charge in [0, 0.05) is 18.8 Å². The minimum atomic E-state index is -3.52. The lowest BCUT2D eigenvalue weighted by Gasteiger charge is -2.23. The van der Waals surface area contributed by atoms with Crippen LogP contribution in [0.1, 0.15) is 19.8 Å². The fourth-order valence-corrected chi connectivity index (χ4v) is 3.20. The van der Waals surface area contributed by atoms with E-state index in [4.69, 9.17) is 10.5 Å². The zero-order chi connectivity index (χ0) is 13.2. The Morgan fingerprint density at radius 2 is 2.28 bits per heavy atom. The van der Waals surface area contributed by atoms with Crippen molar-refractivity contribution in [2.45, 2.75) is 30.3 Å². The molecule has 1 aromatic carbocycles. The number of sulfonamides is 1. The van der Waals surface area contributed by atoms with E-state index < -0.39 is 15.6 Å². The monoisotopic (exact) mass is 270 g/mol. The van der Waals surface area contributed by atoms with Crippen LogP contribution in [0.4, 0.5) is 5.69 Å². The summed E-state index contributed by atoms with van der Waals surface area (Å²) in [7, 11) is -3.52. The summed E-state index contributed by atoms with van der Waals surface area (Å²) in [6, 6.07) is 6.24. The van der Waals surface area contributed by atoms with E-state index in [9.17, 15) is 8.42 Å². The van der Waals surface area contributed by atoms with Crippen molar-refractivity contribution in [3.63, 3.8) is 0 Å². The summed E-state index contributed by atoms with van der Waals surface area (Å²) >= 11 is 0. The van der Waals surface area contributed by atoms with Crippen LogP contribution in [0.5, 0.6) is 0 Å². The molecule has 1 fully saturated rings. The van der Waals surface area contributed by atoms with Crippen molar-refractivity contribution < 1.29 is 13.2 Å². The van der Waals surface area contributed by atoms with Crippen LogP contribution >= 0.6 is 0 Å². The predicted molar refractivity (Wildman–Crippen MR) is 69.6 cm³/mol. The average Bonchev–Trinajstić information content (AvgIpc) is 2.75. The minimum absolute atomic E-state index is 0.184. The second-order valence-electron chi connectivity index (χ2n) is 4.80. The molecule has 2 rings (SSSR count). The number of nitrogens with two attached hydrogens (primary N) is 1. The number of nitrogen functional groups attached to an aromatic ring is 1. The van der Waals surface area contributed by atoms with Gasteiger partial charge in [-0.3, -0.25) is 0 Å². The Hall–Kier alpha value is -1.11. The van der Waals surface area contributed by atoms with Crippen LogP contribution in [-0.2, 0) is 14.8 Å². The molecule has 1 aliphatic rings. The van der Waals surface area contributed by atoms with Crippen molar-refractivity contribution in [2.24, 2.45) is 0 Å². The molecule has 3 N–H and O–H groups in total. The quantitative estimate of drug-likeness (QED) is 0.803. The van der Waals surface area contributed by atoms with E-state index >= 15 is 0 Å². The van der Waals surface area contributed by atoms with Crippen LogP contribution in [0, 0.1) is 0 Å². The molecule has 1 aliphatic heterocycles. The van der Waals surface area contributed by atoms with Gasteiger partial charge in [0.2, 0.25) is 10.0 Å². The first-order valence-electron chi connectivity index (χ1n) is 5.91. The number of hydrogen-bond donors (Lipinski definition) is 2. The van der Waals surface area contributed by atoms with Crippen LogP contribution in [0.2, 0.25) is 0 Å². The normalized spacial score (nSPS) is 24.3. The second kappa shape index (κ2) is 4.87. The molecular weight excluding hydrogens is 252 g/mol. The lowest BCUT2D eigenvalue weighted by molar-refractivity contribution is 0.0250. The summed E-state index contributed by atoms with van der Waals surface area (Å²) < 4.78 is 32.2. The number of rotatable bonds is 4. The third-order valence-corrected chi connectivity index (χ3v) is 4.50. The minimum Gasteiger partial charge on any atom is -0.399 e. The van der Waals surface area contributed by atoms with Crippen LogP contribution in [-0.4, -0.2) is 27.2 Å². The van der Waals surface area contributed by atoms with E-state index in [1.54, 1.807) is 12.1 Å². The molecule has 0 saturated carbocycles. The Kier molecular flexibility index (Phi) is 3.61. The van der Waals surface area contributed by atoms with Crippen molar-refractivity contribution in [3.8, 4) is 0 Å². The molecule has 5 nitrogen and oxygen atoms in total. The van der Waals surface area contributed by atoms with Crippen LogP contribution in [0.25, 0.3) is 0 Å². The van der Waals surface area contributed by atoms with Crippen molar-refractivity contribution in [1.82, 2.24) is 4.72 Å². The first-order chi connectivity index (χ1) is 8.41. The van der Waals surface area contributed by atoms with E-state index in [0.29, 0.717) is 12.3 Å². The third kappa shape index (κ3) is 3.01. The van der Waals surface area contributed by atoms with Crippen LogP contribution in [0.3, 0.4) is 0 Å². The molecule has 0 aliphatic carbocycles. The van der Waals surface area contributed by atoms with Gasteiger partial charge in [-0.05, 0) is 38.0 Å². The van der Waals surface area contributed by atoms with Crippen LogP contribution < -0.4 is 10.5 Å². The van der Waals surface area contributed by atoms with Crippen molar-refractivity contribution in [2.75, 3.05) is 18.9 Å². The Labute approximate surface area is 107 Å². The number of nitrogens with one attached hydrogen (secondary N) is 1. The van der Waals surface area contributed by atoms with Crippen LogP contribution in [0.15, 0.2) is 29.2 Å². The zero-order valence-electron chi connectivity index (χ0n) is 10.3. The first-order valence-corrected chi connectivity index (χ1v) is 7.39. The van der Waals surface area contributed by atoms with Gasteiger partial charge in [-0.25, -0.2) is 13.1 Å². The molecule has 1 aromatic rings. The lowest BCUT2D eigenvalue weighted by Crippen LogP contribution is -2.40. The highest BCUT2D eigenvalue weighted by molar-refractivity contribution is 7.89. The highest BCUT2D eigenvalue weighted by Gasteiger charge is 2.31. The summed E-state index contributed by atoms with van der Waals surface area (Å²) in [6.45, 7) is 2.89. The molecule has 0 spiro atoms. The van der Waals surface area contributed by atoms with Crippen molar-refractivity contribution >= 4 is 15.7 Å². The number of ether oxygens (including phenoxy) is 1. The van der Waals surface area contributed by atoms with Gasteiger partial charge in [0.15, 0.2) is 0 Å². The maximum absolute atomic E-state index is 12.1. The van der Waals surface area contributed by atoms with Gasteiger partial charge in [-0.1, -0.05) is 6.07 Å². The van der Waals surface area contributed by atoms with E-state index in [0.717, 1.165) is 12.8 Å². The van der Waals surface area contributed by atoms with E-state index in [2.05, 4.69) is 4.72 Å². The molecule has 100 valence electrons. The maximum atomic E-state index is 12.1.